The molecule has 0 spiro atoms. The van der Waals surface area contributed by atoms with E-state index in [9.17, 15) is 0 Å². The van der Waals surface area contributed by atoms with Crippen molar-refractivity contribution >= 4 is 22.9 Å². The molecule has 2 aromatic rings. The van der Waals surface area contributed by atoms with Crippen LogP contribution in [0.4, 0.5) is 0 Å². The Hall–Kier alpha value is -1.23. The van der Waals surface area contributed by atoms with Crippen LogP contribution in [0.1, 0.15) is 29.8 Å². The summed E-state index contributed by atoms with van der Waals surface area (Å²) < 4.78 is 11.5. The second-order valence-corrected chi connectivity index (χ2v) is 6.26. The minimum absolute atomic E-state index is 0.0830. The van der Waals surface area contributed by atoms with Crippen LogP contribution in [-0.2, 0) is 0 Å². The van der Waals surface area contributed by atoms with Crippen molar-refractivity contribution in [1.82, 2.24) is 5.32 Å². The van der Waals surface area contributed by atoms with Gasteiger partial charge >= 0.3 is 0 Å². The minimum atomic E-state index is 0.0830. The van der Waals surface area contributed by atoms with Crippen LogP contribution < -0.4 is 14.8 Å². The smallest absolute Gasteiger partial charge is 0.162 e. The van der Waals surface area contributed by atoms with E-state index in [-0.39, 0.29) is 6.04 Å². The molecule has 0 fully saturated rings. The molecule has 3 rings (SSSR count). The summed E-state index contributed by atoms with van der Waals surface area (Å²) in [5.41, 5.74) is 1.03. The summed E-state index contributed by atoms with van der Waals surface area (Å²) in [6.07, 6.45) is 0.892. The van der Waals surface area contributed by atoms with Crippen molar-refractivity contribution in [3.8, 4) is 11.5 Å². The fourth-order valence-electron chi connectivity index (χ4n) is 2.44. The van der Waals surface area contributed by atoms with E-state index >= 15 is 0 Å². The summed E-state index contributed by atoms with van der Waals surface area (Å²) in [6, 6.07) is 8.14. The largest absolute Gasteiger partial charge is 0.490 e. The Morgan fingerprint density at radius 2 is 2.05 bits per heavy atom. The monoisotopic (exact) mass is 323 g/mol. The zero-order chi connectivity index (χ0) is 14.7. The molecular formula is C16H18ClNO2S. The maximum absolute atomic E-state index is 6.49. The Morgan fingerprint density at radius 3 is 2.71 bits per heavy atom. The van der Waals surface area contributed by atoms with E-state index in [1.165, 1.54) is 4.88 Å². The summed E-state index contributed by atoms with van der Waals surface area (Å²) >= 11 is 8.21. The summed E-state index contributed by atoms with van der Waals surface area (Å²) in [4.78, 5) is 1.24. The van der Waals surface area contributed by atoms with Gasteiger partial charge in [0.15, 0.2) is 11.5 Å². The molecule has 0 bridgehead atoms. The third-order valence-corrected chi connectivity index (χ3v) is 4.68. The molecule has 112 valence electrons. The van der Waals surface area contributed by atoms with Crippen LogP contribution >= 0.6 is 22.9 Å². The molecule has 0 radical (unpaired) electrons. The highest BCUT2D eigenvalue weighted by molar-refractivity contribution is 7.10. The summed E-state index contributed by atoms with van der Waals surface area (Å²) in [6.45, 7) is 4.31. The lowest BCUT2D eigenvalue weighted by Gasteiger charge is -2.20. The zero-order valence-corrected chi connectivity index (χ0v) is 13.5. The van der Waals surface area contributed by atoms with Gasteiger partial charge in [-0.25, -0.2) is 0 Å². The molecule has 1 aromatic heterocycles. The van der Waals surface area contributed by atoms with Gasteiger partial charge in [-0.1, -0.05) is 24.6 Å². The average molecular weight is 324 g/mol. The van der Waals surface area contributed by atoms with Crippen LogP contribution in [-0.4, -0.2) is 19.8 Å². The standard InChI is InChI=1S/C16H18ClNO2S/c1-2-18-16(15-5-3-8-21-15)11-9-13-14(10-12(11)17)20-7-4-6-19-13/h3,5,8-10,16,18H,2,4,6-7H2,1H3. The first-order valence-corrected chi connectivity index (χ1v) is 8.41. The van der Waals surface area contributed by atoms with Crippen molar-refractivity contribution in [2.75, 3.05) is 19.8 Å². The van der Waals surface area contributed by atoms with Crippen molar-refractivity contribution < 1.29 is 9.47 Å². The molecule has 1 N–H and O–H groups in total. The second-order valence-electron chi connectivity index (χ2n) is 4.88. The van der Waals surface area contributed by atoms with Gasteiger partial charge in [0.1, 0.15) is 0 Å². The first-order chi connectivity index (χ1) is 10.3. The summed E-state index contributed by atoms with van der Waals surface area (Å²) in [5.74, 6) is 1.52. The number of rotatable bonds is 4. The molecular weight excluding hydrogens is 306 g/mol. The van der Waals surface area contributed by atoms with Gasteiger partial charge in [0.05, 0.1) is 19.3 Å². The van der Waals surface area contributed by atoms with Crippen LogP contribution in [0.5, 0.6) is 11.5 Å². The maximum atomic E-state index is 6.49. The zero-order valence-electron chi connectivity index (χ0n) is 11.9. The van der Waals surface area contributed by atoms with E-state index in [1.807, 2.05) is 12.1 Å². The van der Waals surface area contributed by atoms with Gasteiger partial charge in [0.25, 0.3) is 0 Å². The van der Waals surface area contributed by atoms with Gasteiger partial charge in [-0.3, -0.25) is 0 Å². The van der Waals surface area contributed by atoms with E-state index < -0.39 is 0 Å². The Kier molecular flexibility index (Phi) is 4.68. The molecule has 1 aliphatic rings. The van der Waals surface area contributed by atoms with Crippen LogP contribution in [0.15, 0.2) is 29.6 Å². The average Bonchev–Trinajstić information content (AvgIpc) is 2.91. The number of fused-ring (bicyclic) bond motifs is 1. The van der Waals surface area contributed by atoms with Gasteiger partial charge in [-0.15, -0.1) is 11.3 Å². The first-order valence-electron chi connectivity index (χ1n) is 7.15. The number of thiophene rings is 1. The van der Waals surface area contributed by atoms with Gasteiger partial charge in [0.2, 0.25) is 0 Å². The van der Waals surface area contributed by atoms with Gasteiger partial charge < -0.3 is 14.8 Å². The van der Waals surface area contributed by atoms with Gasteiger partial charge in [-0.2, -0.15) is 0 Å². The lowest BCUT2D eigenvalue weighted by molar-refractivity contribution is 0.297. The van der Waals surface area contributed by atoms with Crippen LogP contribution in [0.25, 0.3) is 0 Å². The SMILES string of the molecule is CCNC(c1cccs1)c1cc2c(cc1Cl)OCCCO2. The third-order valence-electron chi connectivity index (χ3n) is 3.41. The number of hydrogen-bond acceptors (Lipinski definition) is 4. The third kappa shape index (κ3) is 3.18. The number of hydrogen-bond donors (Lipinski definition) is 1. The molecule has 1 aliphatic heterocycles. The van der Waals surface area contributed by atoms with Crippen molar-refractivity contribution in [2.45, 2.75) is 19.4 Å². The summed E-state index contributed by atoms with van der Waals surface area (Å²) in [5, 5.41) is 6.28. The number of nitrogens with one attached hydrogen (secondary N) is 1. The Balaban J connectivity index is 2.01. The molecule has 3 nitrogen and oxygen atoms in total. The minimum Gasteiger partial charge on any atom is -0.490 e. The summed E-state index contributed by atoms with van der Waals surface area (Å²) in [7, 11) is 0. The molecule has 1 aromatic carbocycles. The molecule has 1 unspecified atom stereocenters. The predicted molar refractivity (Wildman–Crippen MR) is 86.9 cm³/mol. The lowest BCUT2D eigenvalue weighted by Crippen LogP contribution is -2.21. The fraction of sp³-hybridized carbons (Fsp3) is 0.375. The Labute approximate surface area is 133 Å². The van der Waals surface area contributed by atoms with E-state index in [0.717, 1.165) is 30.0 Å². The highest BCUT2D eigenvalue weighted by atomic mass is 35.5. The van der Waals surface area contributed by atoms with Gasteiger partial charge in [-0.05, 0) is 29.6 Å². The molecule has 21 heavy (non-hydrogen) atoms. The Bertz CT molecular complexity index is 601. The molecule has 0 saturated heterocycles. The van der Waals surface area contributed by atoms with E-state index in [4.69, 9.17) is 21.1 Å². The van der Waals surface area contributed by atoms with Crippen molar-refractivity contribution in [3.63, 3.8) is 0 Å². The number of benzene rings is 1. The Morgan fingerprint density at radius 1 is 1.29 bits per heavy atom. The lowest BCUT2D eigenvalue weighted by atomic mass is 10.0. The number of ether oxygens (including phenoxy) is 2. The van der Waals surface area contributed by atoms with Crippen LogP contribution in [0, 0.1) is 0 Å². The van der Waals surface area contributed by atoms with Crippen molar-refractivity contribution in [2.24, 2.45) is 0 Å². The molecule has 0 aliphatic carbocycles. The molecule has 0 amide bonds. The van der Waals surface area contributed by atoms with E-state index in [0.29, 0.717) is 18.2 Å². The van der Waals surface area contributed by atoms with E-state index in [1.54, 1.807) is 11.3 Å². The number of halogens is 1. The molecule has 0 saturated carbocycles. The van der Waals surface area contributed by atoms with Crippen LogP contribution in [0.3, 0.4) is 0 Å². The fourth-order valence-corrected chi connectivity index (χ4v) is 3.52. The topological polar surface area (TPSA) is 30.5 Å². The molecule has 2 heterocycles. The maximum Gasteiger partial charge on any atom is 0.162 e. The van der Waals surface area contributed by atoms with Crippen molar-refractivity contribution in [3.05, 3.63) is 45.1 Å². The second kappa shape index (κ2) is 6.69. The highest BCUT2D eigenvalue weighted by Gasteiger charge is 2.21. The molecule has 1 atom stereocenters. The molecule has 5 heteroatoms. The van der Waals surface area contributed by atoms with E-state index in [2.05, 4.69) is 29.8 Å². The van der Waals surface area contributed by atoms with Crippen molar-refractivity contribution in [1.29, 1.82) is 0 Å². The predicted octanol–water partition coefficient (Wildman–Crippen LogP) is 4.26. The first kappa shape index (κ1) is 14.7. The highest BCUT2D eigenvalue weighted by Crippen LogP contribution is 2.39. The van der Waals surface area contributed by atoms with Crippen LogP contribution in [0.2, 0.25) is 5.02 Å². The normalized spacial score (nSPS) is 15.5. The quantitative estimate of drug-likeness (QED) is 0.911. The van der Waals surface area contributed by atoms with Gasteiger partial charge in [0, 0.05) is 22.4 Å².